The molecule has 0 atom stereocenters. The summed E-state index contributed by atoms with van der Waals surface area (Å²) in [5.74, 6) is 0.459. The molecule has 1 amide bonds. The van der Waals surface area contributed by atoms with Crippen molar-refractivity contribution in [2.45, 2.75) is 12.8 Å². The number of benzene rings is 2. The lowest BCUT2D eigenvalue weighted by molar-refractivity contribution is -0.117. The van der Waals surface area contributed by atoms with Gasteiger partial charge in [-0.25, -0.2) is 0 Å². The number of hydrogen-bond donors (Lipinski definition) is 2. The Labute approximate surface area is 154 Å². The molecule has 2 N–H and O–H groups in total. The fourth-order valence-electron chi connectivity index (χ4n) is 2.39. The molecule has 2 aromatic carbocycles. The minimum atomic E-state index is -0.361. The smallest absolute Gasteiger partial charge is 0.263 e. The van der Waals surface area contributed by atoms with Crippen molar-refractivity contribution < 1.29 is 9.53 Å². The Kier molecular flexibility index (Phi) is 7.75. The molecule has 26 heavy (non-hydrogen) atoms. The number of hydrogen-bond acceptors (Lipinski definition) is 4. The summed E-state index contributed by atoms with van der Waals surface area (Å²) in [7, 11) is 1.63. The van der Waals surface area contributed by atoms with Gasteiger partial charge in [0.05, 0.1) is 7.11 Å². The highest BCUT2D eigenvalue weighted by Crippen LogP contribution is 2.11. The van der Waals surface area contributed by atoms with Gasteiger partial charge in [0.2, 0.25) is 0 Å². The average molecular weight is 349 g/mol. The summed E-state index contributed by atoms with van der Waals surface area (Å²) in [6.45, 7) is 1.13. The predicted octanol–water partition coefficient (Wildman–Crippen LogP) is 2.59. The molecular weight excluding hydrogens is 326 g/mol. The Morgan fingerprint density at radius 1 is 1.04 bits per heavy atom. The van der Waals surface area contributed by atoms with Crippen LogP contribution < -0.4 is 15.4 Å². The van der Waals surface area contributed by atoms with E-state index in [1.807, 2.05) is 60.7 Å². The number of nitrogens with one attached hydrogen (secondary N) is 2. The first kappa shape index (κ1) is 19.1. The molecule has 134 valence electrons. The fraction of sp³-hybridized carbons (Fsp3) is 0.238. The largest absolute Gasteiger partial charge is 0.497 e. The first-order valence-corrected chi connectivity index (χ1v) is 8.51. The van der Waals surface area contributed by atoms with Gasteiger partial charge in [0.1, 0.15) is 17.4 Å². The number of rotatable bonds is 9. The Morgan fingerprint density at radius 2 is 1.69 bits per heavy atom. The van der Waals surface area contributed by atoms with Crippen LogP contribution in [0.1, 0.15) is 11.1 Å². The van der Waals surface area contributed by atoms with Gasteiger partial charge in [-0.15, -0.1) is 0 Å². The van der Waals surface area contributed by atoms with Crippen molar-refractivity contribution in [1.82, 2.24) is 10.6 Å². The van der Waals surface area contributed by atoms with Crippen molar-refractivity contribution in [3.8, 4) is 11.8 Å². The van der Waals surface area contributed by atoms with E-state index >= 15 is 0 Å². The minimum Gasteiger partial charge on any atom is -0.497 e. The molecule has 0 spiro atoms. The Hall–Kier alpha value is -3.26. The summed E-state index contributed by atoms with van der Waals surface area (Å²) in [6, 6.07) is 19.6. The van der Waals surface area contributed by atoms with Gasteiger partial charge in [-0.05, 0) is 36.1 Å². The molecule has 2 rings (SSSR count). The van der Waals surface area contributed by atoms with E-state index in [1.165, 1.54) is 6.20 Å². The van der Waals surface area contributed by atoms with Gasteiger partial charge in [-0.1, -0.05) is 42.5 Å². The molecule has 0 aliphatic carbocycles. The number of amides is 1. The third kappa shape index (κ3) is 6.33. The maximum absolute atomic E-state index is 12.0. The van der Waals surface area contributed by atoms with E-state index in [0.717, 1.165) is 29.7 Å². The van der Waals surface area contributed by atoms with Crippen LogP contribution in [0.2, 0.25) is 0 Å². The van der Waals surface area contributed by atoms with Crippen molar-refractivity contribution in [2.75, 3.05) is 20.2 Å². The van der Waals surface area contributed by atoms with Gasteiger partial charge in [-0.3, -0.25) is 4.79 Å². The van der Waals surface area contributed by atoms with Gasteiger partial charge < -0.3 is 15.4 Å². The molecule has 2 aromatic rings. The zero-order chi connectivity index (χ0) is 18.6. The Balaban J connectivity index is 1.73. The maximum Gasteiger partial charge on any atom is 0.263 e. The molecule has 0 aromatic heterocycles. The number of carbonyl (C=O) groups is 1. The van der Waals surface area contributed by atoms with E-state index in [9.17, 15) is 4.79 Å². The lowest BCUT2D eigenvalue weighted by Crippen LogP contribution is -2.27. The summed E-state index contributed by atoms with van der Waals surface area (Å²) in [5, 5.41) is 14.9. The van der Waals surface area contributed by atoms with E-state index < -0.39 is 0 Å². The predicted molar refractivity (Wildman–Crippen MR) is 102 cm³/mol. The number of methoxy groups -OCH3 is 1. The molecule has 0 unspecified atom stereocenters. The molecule has 0 saturated carbocycles. The first-order valence-electron chi connectivity index (χ1n) is 8.51. The topological polar surface area (TPSA) is 74.1 Å². The monoisotopic (exact) mass is 349 g/mol. The highest BCUT2D eigenvalue weighted by molar-refractivity contribution is 5.97. The molecule has 0 heterocycles. The van der Waals surface area contributed by atoms with Crippen LogP contribution in [0.5, 0.6) is 5.75 Å². The zero-order valence-corrected chi connectivity index (χ0v) is 14.9. The lowest BCUT2D eigenvalue weighted by atomic mass is 10.1. The summed E-state index contributed by atoms with van der Waals surface area (Å²) in [4.78, 5) is 12.0. The van der Waals surface area contributed by atoms with Crippen LogP contribution in [0, 0.1) is 11.3 Å². The van der Waals surface area contributed by atoms with Gasteiger partial charge >= 0.3 is 0 Å². The molecule has 5 heteroatoms. The fourth-order valence-corrected chi connectivity index (χ4v) is 2.39. The van der Waals surface area contributed by atoms with Crippen LogP contribution in [0.3, 0.4) is 0 Å². The zero-order valence-electron chi connectivity index (χ0n) is 14.9. The maximum atomic E-state index is 12.0. The van der Waals surface area contributed by atoms with Crippen LogP contribution >= 0.6 is 0 Å². The van der Waals surface area contributed by atoms with Gasteiger partial charge in [0, 0.05) is 19.3 Å². The summed E-state index contributed by atoms with van der Waals surface area (Å²) in [6.07, 6.45) is 2.99. The molecule has 0 bridgehead atoms. The number of ether oxygens (including phenoxy) is 1. The minimum absolute atomic E-state index is 0.0767. The third-order valence-corrected chi connectivity index (χ3v) is 3.87. The van der Waals surface area contributed by atoms with Crippen molar-refractivity contribution in [1.29, 1.82) is 5.26 Å². The SMILES string of the molecule is COc1ccc(CCN/C=C(/C#N)C(=O)NCCc2ccccc2)cc1. The van der Waals surface area contributed by atoms with Crippen molar-refractivity contribution in [3.05, 3.63) is 77.5 Å². The van der Waals surface area contributed by atoms with E-state index in [2.05, 4.69) is 10.6 Å². The molecule has 0 fully saturated rings. The second-order valence-corrected chi connectivity index (χ2v) is 5.71. The van der Waals surface area contributed by atoms with Gasteiger partial charge in [0.25, 0.3) is 5.91 Å². The number of nitrogens with zero attached hydrogens (tertiary/aromatic N) is 1. The number of carbonyl (C=O) groups excluding carboxylic acids is 1. The van der Waals surface area contributed by atoms with Crippen LogP contribution in [-0.2, 0) is 17.6 Å². The molecule has 0 aliphatic heterocycles. The highest BCUT2D eigenvalue weighted by Gasteiger charge is 2.07. The van der Waals surface area contributed by atoms with E-state index in [-0.39, 0.29) is 11.5 Å². The summed E-state index contributed by atoms with van der Waals surface area (Å²) >= 11 is 0. The second-order valence-electron chi connectivity index (χ2n) is 5.71. The molecule has 0 radical (unpaired) electrons. The number of nitriles is 1. The standard InChI is InChI=1S/C21H23N3O2/c1-26-20-9-7-18(8-10-20)11-13-23-16-19(15-22)21(25)24-14-12-17-5-3-2-4-6-17/h2-10,16,23H,11-14H2,1H3,(H,24,25)/b19-16-. The van der Waals surface area contributed by atoms with Crippen LogP contribution in [0.4, 0.5) is 0 Å². The normalized spacial score (nSPS) is 10.7. The quantitative estimate of drug-likeness (QED) is 0.415. The van der Waals surface area contributed by atoms with Crippen molar-refractivity contribution in [2.24, 2.45) is 0 Å². The van der Waals surface area contributed by atoms with Gasteiger partial charge in [0.15, 0.2) is 0 Å². The van der Waals surface area contributed by atoms with E-state index in [4.69, 9.17) is 10.00 Å². The highest BCUT2D eigenvalue weighted by atomic mass is 16.5. The van der Waals surface area contributed by atoms with E-state index in [1.54, 1.807) is 7.11 Å². The Bertz CT molecular complexity index is 762. The molecular formula is C21H23N3O2. The van der Waals surface area contributed by atoms with Gasteiger partial charge in [-0.2, -0.15) is 5.26 Å². The van der Waals surface area contributed by atoms with Crippen LogP contribution in [-0.4, -0.2) is 26.1 Å². The average Bonchev–Trinajstić information content (AvgIpc) is 2.69. The second kappa shape index (κ2) is 10.6. The van der Waals surface area contributed by atoms with E-state index in [0.29, 0.717) is 13.1 Å². The first-order chi connectivity index (χ1) is 12.7. The van der Waals surface area contributed by atoms with Crippen molar-refractivity contribution >= 4 is 5.91 Å². The summed E-state index contributed by atoms with van der Waals surface area (Å²) in [5.41, 5.74) is 2.37. The Morgan fingerprint density at radius 3 is 2.35 bits per heavy atom. The van der Waals surface area contributed by atoms with Crippen LogP contribution in [0.15, 0.2) is 66.4 Å². The molecule has 0 aliphatic rings. The molecule has 5 nitrogen and oxygen atoms in total. The van der Waals surface area contributed by atoms with Crippen molar-refractivity contribution in [3.63, 3.8) is 0 Å². The lowest BCUT2D eigenvalue weighted by Gasteiger charge is -2.06. The molecule has 0 saturated heterocycles. The van der Waals surface area contributed by atoms with Crippen LogP contribution in [0.25, 0.3) is 0 Å². The summed E-state index contributed by atoms with van der Waals surface area (Å²) < 4.78 is 5.12. The third-order valence-electron chi connectivity index (χ3n) is 3.87.